The minimum Gasteiger partial charge on any atom is -0.472 e. The first-order chi connectivity index (χ1) is 17.2. The third-order valence-corrected chi connectivity index (χ3v) is 7.59. The Morgan fingerprint density at radius 3 is 1.58 bits per heavy atom. The van der Waals surface area contributed by atoms with E-state index in [0.717, 1.165) is 25.7 Å². The monoisotopic (exact) mass is 586 g/mol. The third kappa shape index (κ3) is 18.1. The Balaban J connectivity index is 0. The van der Waals surface area contributed by atoms with Crippen LogP contribution in [-0.2, 0) is 18.6 Å². The Morgan fingerprint density at radius 1 is 0.737 bits per heavy atom. The van der Waals surface area contributed by atoms with Crippen molar-refractivity contribution >= 4 is 72.4 Å². The van der Waals surface area contributed by atoms with Gasteiger partial charge in [0.1, 0.15) is 24.4 Å². The number of hydrogen-bond acceptors (Lipinski definition) is 8. The van der Waals surface area contributed by atoms with Gasteiger partial charge < -0.3 is 34.8 Å². The van der Waals surface area contributed by atoms with Gasteiger partial charge in [0.05, 0.1) is 6.61 Å². The van der Waals surface area contributed by atoms with E-state index in [1.54, 1.807) is 0 Å². The zero-order valence-corrected chi connectivity index (χ0v) is 28.7. The molecule has 1 unspecified atom stereocenters. The van der Waals surface area contributed by atoms with Gasteiger partial charge in [-0.05, 0) is 6.42 Å². The Bertz CT molecular complexity index is 631. The summed E-state index contributed by atoms with van der Waals surface area (Å²) in [4.78, 5) is 19.9. The summed E-state index contributed by atoms with van der Waals surface area (Å²) in [7, 11) is -4.93. The number of hydrogen-bond donors (Lipinski definition) is 5. The van der Waals surface area contributed by atoms with Crippen LogP contribution in [0.4, 0.5) is 4.79 Å². The molecule has 0 aromatic heterocycles. The fourth-order valence-electron chi connectivity index (χ4n) is 4.27. The third-order valence-electron chi connectivity index (χ3n) is 6.60. The molecule has 0 saturated carbocycles. The van der Waals surface area contributed by atoms with Crippen molar-refractivity contribution in [3.05, 3.63) is 0 Å². The molecule has 0 bridgehead atoms. The predicted octanol–water partition coefficient (Wildman–Crippen LogP) is 4.19. The van der Waals surface area contributed by atoms with Crippen molar-refractivity contribution in [2.45, 2.75) is 140 Å². The summed E-state index contributed by atoms with van der Waals surface area (Å²) in [6.45, 7) is 1.76. The number of aliphatic hydroxyl groups is 3. The van der Waals surface area contributed by atoms with E-state index in [1.807, 2.05) is 0 Å². The average Bonchev–Trinajstić information content (AvgIpc) is 2.85. The van der Waals surface area contributed by atoms with Crippen molar-refractivity contribution in [2.24, 2.45) is 0 Å². The fourth-order valence-corrected chi connectivity index (χ4v) is 4.73. The number of ether oxygens (including phenoxy) is 2. The minimum atomic E-state index is -4.93. The predicted molar refractivity (Wildman–Crippen MR) is 147 cm³/mol. The van der Waals surface area contributed by atoms with Crippen LogP contribution in [0.2, 0.25) is 0 Å². The molecule has 38 heavy (non-hydrogen) atoms. The maximum absolute atomic E-state index is 11.4. The van der Waals surface area contributed by atoms with E-state index in [9.17, 15) is 29.6 Å². The zero-order valence-electron chi connectivity index (χ0n) is 23.8. The molecule has 0 aromatic carbocycles. The summed E-state index contributed by atoms with van der Waals surface area (Å²) in [6, 6.07) is 0. The molecule has 1 aliphatic rings. The molecule has 0 amide bonds. The molecule has 216 valence electrons. The second-order valence-corrected chi connectivity index (χ2v) is 11.5. The number of aliphatic hydroxyl groups excluding tert-OH is 3. The van der Waals surface area contributed by atoms with Crippen LogP contribution in [0.15, 0.2) is 0 Å². The van der Waals surface area contributed by atoms with Crippen molar-refractivity contribution in [1.82, 2.24) is 0 Å². The Hall–Kier alpha value is 1.42. The first kappa shape index (κ1) is 41.6. The van der Waals surface area contributed by atoms with Gasteiger partial charge in [-0.25, -0.2) is 9.36 Å². The summed E-state index contributed by atoms with van der Waals surface area (Å²) >= 11 is 0. The molecule has 1 rings (SSSR count). The minimum absolute atomic E-state index is 0. The number of carboxylic acid groups (broad SMARTS) is 1. The maximum Gasteiger partial charge on any atom is 0.435 e. The molecular formula is C25H49Na2O10P. The van der Waals surface area contributed by atoms with Gasteiger partial charge in [0.2, 0.25) is 0 Å². The van der Waals surface area contributed by atoms with E-state index in [-0.39, 0.29) is 65.7 Å². The van der Waals surface area contributed by atoms with Gasteiger partial charge in [-0.15, -0.1) is 0 Å². The molecule has 2 radical (unpaired) electrons. The second kappa shape index (κ2) is 25.0. The van der Waals surface area contributed by atoms with Gasteiger partial charge in [-0.1, -0.05) is 103 Å². The molecular weight excluding hydrogens is 537 g/mol. The van der Waals surface area contributed by atoms with Gasteiger partial charge in [-0.2, -0.15) is 0 Å². The summed E-state index contributed by atoms with van der Waals surface area (Å²) in [6.07, 6.45) is 12.5. The maximum atomic E-state index is 11.4. The van der Waals surface area contributed by atoms with Crippen LogP contribution in [0.25, 0.3) is 0 Å². The number of rotatable bonds is 22. The van der Waals surface area contributed by atoms with Gasteiger partial charge in [0.25, 0.3) is 0 Å². The van der Waals surface area contributed by atoms with E-state index < -0.39 is 50.6 Å². The van der Waals surface area contributed by atoms with Crippen molar-refractivity contribution in [2.75, 3.05) is 13.2 Å². The second-order valence-electron chi connectivity index (χ2n) is 9.79. The smallest absolute Gasteiger partial charge is 0.435 e. The molecule has 13 heteroatoms. The molecule has 0 aliphatic carbocycles. The number of unbranched alkanes of at least 4 members (excludes halogenated alkanes) is 15. The van der Waals surface area contributed by atoms with Crippen molar-refractivity contribution in [1.29, 1.82) is 0 Å². The zero-order chi connectivity index (χ0) is 26.8. The molecule has 10 nitrogen and oxygen atoms in total. The van der Waals surface area contributed by atoms with Crippen LogP contribution in [0.5, 0.6) is 0 Å². The van der Waals surface area contributed by atoms with E-state index in [4.69, 9.17) is 14.6 Å². The Morgan fingerprint density at radius 2 is 1.16 bits per heavy atom. The van der Waals surface area contributed by atoms with E-state index in [1.165, 1.54) is 77.0 Å². The van der Waals surface area contributed by atoms with Crippen molar-refractivity contribution in [3.8, 4) is 0 Å². The van der Waals surface area contributed by atoms with Crippen molar-refractivity contribution < 1.29 is 48.7 Å². The van der Waals surface area contributed by atoms with Crippen LogP contribution < -0.4 is 0 Å². The van der Waals surface area contributed by atoms with Gasteiger partial charge in [0.15, 0.2) is 6.29 Å². The van der Waals surface area contributed by atoms with Crippen LogP contribution in [0, 0.1) is 0 Å². The van der Waals surface area contributed by atoms with Crippen LogP contribution in [0.1, 0.15) is 110 Å². The van der Waals surface area contributed by atoms with Crippen LogP contribution in [0.3, 0.4) is 0 Å². The van der Waals surface area contributed by atoms with E-state index in [2.05, 4.69) is 11.4 Å². The quantitative estimate of drug-likeness (QED) is 0.0706. The van der Waals surface area contributed by atoms with Gasteiger partial charge >= 0.3 is 13.3 Å². The molecule has 5 N–H and O–H groups in total. The summed E-state index contributed by atoms with van der Waals surface area (Å²) in [5.74, 6) is 0. The molecule has 1 heterocycles. The first-order valence-electron chi connectivity index (χ1n) is 13.7. The molecule has 1 fully saturated rings. The molecule has 1 aliphatic heterocycles. The molecule has 0 aromatic rings. The Labute approximate surface area is 272 Å². The molecule has 6 atom stereocenters. The van der Waals surface area contributed by atoms with Gasteiger partial charge in [-0.3, -0.25) is 4.52 Å². The van der Waals surface area contributed by atoms with Crippen molar-refractivity contribution in [3.63, 3.8) is 0 Å². The Kier molecular flexibility index (Phi) is 27.3. The largest absolute Gasteiger partial charge is 0.472 e. The molecule has 0 spiro atoms. The molecule has 1 saturated heterocycles. The first-order valence-corrected chi connectivity index (χ1v) is 15.3. The summed E-state index contributed by atoms with van der Waals surface area (Å²) in [5.41, 5.74) is -2.04. The fraction of sp³-hybridized carbons (Fsp3) is 0.960. The standard InChI is InChI=1S/C25H49O10P.2Na/c1-2-3-4-5-6-7-8-9-10-11-12-13-14-15-16-17-18-33-24-23(28)22(27)21(26)20(35-24)19-34-36(31,32)25(29)30;;/h20-24,26-28H,2-19H2,1H3,(H,29,30)(H,31,32);;/t20-,21-,22+,23-,24+;;/m1../s1. The average molecular weight is 587 g/mol. The van der Waals surface area contributed by atoms with E-state index in [0.29, 0.717) is 0 Å². The SMILES string of the molecule is CCCCCCCCCCCCCCCCCCO[C@H]1O[C@H](COP(=O)(O)C(=O)O)[C@@H](O)[C@H](O)[C@H]1O.[Na].[Na]. The normalized spacial score (nSPS) is 24.7. The summed E-state index contributed by atoms with van der Waals surface area (Å²) in [5, 5.41) is 38.7. The van der Waals surface area contributed by atoms with Gasteiger partial charge in [0, 0.05) is 65.7 Å². The topological polar surface area (TPSA) is 163 Å². The van der Waals surface area contributed by atoms with E-state index >= 15 is 0 Å². The summed E-state index contributed by atoms with van der Waals surface area (Å²) < 4.78 is 26.7. The van der Waals surface area contributed by atoms with Crippen LogP contribution >= 0.6 is 7.60 Å². The number of carbonyl (C=O) groups is 1. The van der Waals surface area contributed by atoms with Crippen LogP contribution in [-0.4, -0.2) is 134 Å².